The molecule has 1 saturated heterocycles. The molecule has 9 nitrogen and oxygen atoms in total. The summed E-state index contributed by atoms with van der Waals surface area (Å²) in [5.74, 6) is -0.237. The Morgan fingerprint density at radius 2 is 2.07 bits per heavy atom. The van der Waals surface area contributed by atoms with Crippen molar-refractivity contribution in [3.63, 3.8) is 0 Å². The van der Waals surface area contributed by atoms with Crippen molar-refractivity contribution in [1.82, 2.24) is 20.0 Å². The first kappa shape index (κ1) is 16.8. The van der Waals surface area contributed by atoms with E-state index in [-0.39, 0.29) is 24.4 Å². The van der Waals surface area contributed by atoms with Crippen LogP contribution in [0.2, 0.25) is 0 Å². The Labute approximate surface area is 159 Å². The zero-order chi connectivity index (χ0) is 19.1. The fraction of sp³-hybridized carbons (Fsp3) is 0.316. The molecular formula is C19H17N5O4. The molecule has 3 aromatic rings. The highest BCUT2D eigenvalue weighted by atomic mass is 16.5. The molecule has 0 spiro atoms. The second-order valence-electron chi connectivity index (χ2n) is 6.87. The third-order valence-electron chi connectivity index (χ3n) is 4.98. The van der Waals surface area contributed by atoms with Gasteiger partial charge in [-0.25, -0.2) is 4.98 Å². The second-order valence-corrected chi connectivity index (χ2v) is 6.87. The van der Waals surface area contributed by atoms with Crippen LogP contribution in [0, 0.1) is 0 Å². The van der Waals surface area contributed by atoms with Crippen molar-refractivity contribution in [2.24, 2.45) is 0 Å². The predicted octanol–water partition coefficient (Wildman–Crippen LogP) is 1.69. The molecule has 28 heavy (non-hydrogen) atoms. The molecule has 3 aromatic heterocycles. The average molecular weight is 379 g/mol. The van der Waals surface area contributed by atoms with E-state index < -0.39 is 18.1 Å². The normalized spacial score (nSPS) is 22.4. The number of hydrogen-bond acceptors (Lipinski definition) is 7. The molecular weight excluding hydrogens is 362 g/mol. The van der Waals surface area contributed by atoms with Gasteiger partial charge in [-0.15, -0.1) is 0 Å². The number of amides is 2. The van der Waals surface area contributed by atoms with Gasteiger partial charge >= 0.3 is 0 Å². The number of pyridine rings is 2. The molecule has 1 aliphatic heterocycles. The monoisotopic (exact) mass is 379 g/mol. The summed E-state index contributed by atoms with van der Waals surface area (Å²) < 4.78 is 10.8. The lowest BCUT2D eigenvalue weighted by atomic mass is 9.98. The largest absolute Gasteiger partial charge is 0.356 e. The fourth-order valence-corrected chi connectivity index (χ4v) is 3.58. The van der Waals surface area contributed by atoms with E-state index in [0.717, 1.165) is 18.4 Å². The van der Waals surface area contributed by atoms with Gasteiger partial charge in [0.05, 0.1) is 11.4 Å². The van der Waals surface area contributed by atoms with Gasteiger partial charge in [-0.3, -0.25) is 14.6 Å². The molecule has 0 unspecified atom stereocenters. The lowest BCUT2D eigenvalue weighted by Gasteiger charge is -2.40. The number of aromatic nitrogens is 3. The summed E-state index contributed by atoms with van der Waals surface area (Å²) in [6.45, 7) is -0.132. The van der Waals surface area contributed by atoms with Crippen LogP contribution in [-0.4, -0.2) is 50.6 Å². The first-order valence-electron chi connectivity index (χ1n) is 9.06. The number of rotatable bonds is 4. The maximum atomic E-state index is 13.1. The Kier molecular flexibility index (Phi) is 4.01. The third kappa shape index (κ3) is 2.89. The Morgan fingerprint density at radius 1 is 1.21 bits per heavy atom. The molecule has 4 heterocycles. The van der Waals surface area contributed by atoms with E-state index >= 15 is 0 Å². The van der Waals surface area contributed by atoms with Crippen LogP contribution in [0.3, 0.4) is 0 Å². The maximum Gasteiger partial charge on any atom is 0.259 e. The molecule has 2 atom stereocenters. The summed E-state index contributed by atoms with van der Waals surface area (Å²) in [4.78, 5) is 35.6. The minimum Gasteiger partial charge on any atom is -0.356 e. The molecule has 2 aliphatic rings. The number of nitrogens with zero attached hydrogens (tertiary/aromatic N) is 4. The summed E-state index contributed by atoms with van der Waals surface area (Å²) in [7, 11) is 0. The van der Waals surface area contributed by atoms with E-state index in [1.54, 1.807) is 41.7 Å². The fourth-order valence-electron chi connectivity index (χ4n) is 3.58. The highest BCUT2D eigenvalue weighted by molar-refractivity contribution is 6.01. The molecule has 0 radical (unpaired) electrons. The summed E-state index contributed by atoms with van der Waals surface area (Å²) in [5, 5.41) is 7.25. The van der Waals surface area contributed by atoms with E-state index in [9.17, 15) is 9.59 Å². The number of carbonyl (C=O) groups is 2. The van der Waals surface area contributed by atoms with Gasteiger partial charge in [0.2, 0.25) is 5.91 Å². The van der Waals surface area contributed by atoms with Gasteiger partial charge < -0.3 is 19.5 Å². The van der Waals surface area contributed by atoms with Gasteiger partial charge in [0.15, 0.2) is 11.9 Å². The first-order chi connectivity index (χ1) is 13.7. The summed E-state index contributed by atoms with van der Waals surface area (Å²) >= 11 is 0. The van der Waals surface area contributed by atoms with Gasteiger partial charge in [-0.05, 0) is 36.6 Å². The number of carbonyl (C=O) groups excluding carboxylic acids is 2. The number of ether oxygens (including phenoxy) is 1. The molecule has 1 N–H and O–H groups in total. The van der Waals surface area contributed by atoms with E-state index in [1.165, 1.54) is 0 Å². The van der Waals surface area contributed by atoms with Crippen molar-refractivity contribution in [2.45, 2.75) is 31.0 Å². The van der Waals surface area contributed by atoms with Crippen LogP contribution in [0.15, 0.2) is 47.4 Å². The number of anilines is 1. The highest BCUT2D eigenvalue weighted by Gasteiger charge is 2.47. The molecule has 1 aliphatic carbocycles. The zero-order valence-corrected chi connectivity index (χ0v) is 14.8. The van der Waals surface area contributed by atoms with Crippen molar-refractivity contribution in [2.75, 3.05) is 11.9 Å². The smallest absolute Gasteiger partial charge is 0.259 e. The van der Waals surface area contributed by atoms with Gasteiger partial charge in [-0.1, -0.05) is 11.2 Å². The van der Waals surface area contributed by atoms with Crippen molar-refractivity contribution in [3.8, 4) is 0 Å². The van der Waals surface area contributed by atoms with Crippen LogP contribution in [0.25, 0.3) is 11.1 Å². The van der Waals surface area contributed by atoms with Crippen molar-refractivity contribution in [3.05, 3.63) is 48.4 Å². The van der Waals surface area contributed by atoms with Gasteiger partial charge in [-0.2, -0.15) is 0 Å². The molecule has 0 aromatic carbocycles. The Hall–Kier alpha value is -3.33. The zero-order valence-electron chi connectivity index (χ0n) is 14.8. The lowest BCUT2D eigenvalue weighted by Crippen LogP contribution is -2.53. The van der Waals surface area contributed by atoms with E-state index in [0.29, 0.717) is 11.1 Å². The number of fused-ring (bicyclic) bond motifs is 1. The predicted molar refractivity (Wildman–Crippen MR) is 97.0 cm³/mol. The minimum absolute atomic E-state index is 0.114. The van der Waals surface area contributed by atoms with Gasteiger partial charge in [0, 0.05) is 24.6 Å². The van der Waals surface area contributed by atoms with Gasteiger partial charge in [0.1, 0.15) is 6.61 Å². The quantitative estimate of drug-likeness (QED) is 0.734. The Morgan fingerprint density at radius 3 is 2.86 bits per heavy atom. The number of hydrogen-bond donors (Lipinski definition) is 1. The Balaban J connectivity index is 1.47. The van der Waals surface area contributed by atoms with Crippen molar-refractivity contribution >= 4 is 28.7 Å². The molecule has 9 heteroatoms. The standard InChI is InChI=1S/C19H17N5O4/c25-14-10-27-16(15(24(14)12-5-6-12)11-3-1-7-20-9-11)18(26)22-17-13-4-2-8-21-19(13)28-23-17/h1-4,7-9,12,15-16H,5-6,10H2,(H,22,23,26)/t15-,16+/m1/s1. The minimum atomic E-state index is -0.883. The van der Waals surface area contributed by atoms with Crippen molar-refractivity contribution < 1.29 is 18.8 Å². The molecule has 2 amide bonds. The molecule has 5 rings (SSSR count). The lowest BCUT2D eigenvalue weighted by molar-refractivity contribution is -0.163. The highest BCUT2D eigenvalue weighted by Crippen LogP contribution is 2.39. The van der Waals surface area contributed by atoms with Crippen LogP contribution in [0.4, 0.5) is 5.82 Å². The van der Waals surface area contributed by atoms with E-state index in [4.69, 9.17) is 9.26 Å². The molecule has 142 valence electrons. The van der Waals surface area contributed by atoms with Crippen LogP contribution < -0.4 is 5.32 Å². The summed E-state index contributed by atoms with van der Waals surface area (Å²) in [6.07, 6.45) is 5.87. The second kappa shape index (κ2) is 6.68. The first-order valence-corrected chi connectivity index (χ1v) is 9.06. The topological polar surface area (TPSA) is 110 Å². The summed E-state index contributed by atoms with van der Waals surface area (Å²) in [6, 6.07) is 6.72. The maximum absolute atomic E-state index is 13.1. The van der Waals surface area contributed by atoms with Crippen LogP contribution >= 0.6 is 0 Å². The third-order valence-corrected chi connectivity index (χ3v) is 4.98. The van der Waals surface area contributed by atoms with Crippen molar-refractivity contribution in [1.29, 1.82) is 0 Å². The molecule has 1 saturated carbocycles. The average Bonchev–Trinajstić information content (AvgIpc) is 3.49. The number of morpholine rings is 1. The number of nitrogens with one attached hydrogen (secondary N) is 1. The summed E-state index contributed by atoms with van der Waals surface area (Å²) in [5.41, 5.74) is 1.09. The van der Waals surface area contributed by atoms with E-state index in [1.807, 2.05) is 6.07 Å². The molecule has 0 bridgehead atoms. The SMILES string of the molecule is O=C(Nc1noc2ncccc12)[C@H]1OCC(=O)N(C2CC2)[C@@H]1c1cccnc1. The molecule has 2 fully saturated rings. The van der Waals surface area contributed by atoms with E-state index in [2.05, 4.69) is 20.4 Å². The van der Waals surface area contributed by atoms with Crippen LogP contribution in [0.5, 0.6) is 0 Å². The Bertz CT molecular complexity index is 1030. The van der Waals surface area contributed by atoms with Crippen LogP contribution in [-0.2, 0) is 14.3 Å². The van der Waals surface area contributed by atoms with Gasteiger partial charge in [0.25, 0.3) is 11.6 Å². The van der Waals surface area contributed by atoms with Crippen LogP contribution in [0.1, 0.15) is 24.4 Å².